The fourth-order valence-electron chi connectivity index (χ4n) is 2.72. The Morgan fingerprint density at radius 3 is 2.50 bits per heavy atom. The number of alkyl halides is 3. The smallest absolute Gasteiger partial charge is 0.294 e. The number of hydrogen-bond acceptors (Lipinski definition) is 1. The van der Waals surface area contributed by atoms with E-state index in [9.17, 15) is 22.4 Å². The van der Waals surface area contributed by atoms with Gasteiger partial charge >= 0.3 is 6.18 Å². The SMILES string of the molecule is O=C(c1cc(Br)ccc1F)C1CCCCC1C(F)(F)F. The first-order valence-electron chi connectivity index (χ1n) is 6.36. The molecular formula is C14H13BrF4O. The standard InChI is InChI=1S/C14H13BrF4O/c15-8-5-6-12(16)10(7-8)13(20)9-3-1-2-4-11(9)14(17,18)19/h5-7,9,11H,1-4H2. The van der Waals surface area contributed by atoms with Crippen LogP contribution in [0.1, 0.15) is 36.0 Å². The molecule has 0 aromatic heterocycles. The highest BCUT2D eigenvalue weighted by Gasteiger charge is 2.48. The molecule has 0 radical (unpaired) electrons. The van der Waals surface area contributed by atoms with Crippen LogP contribution in [0.2, 0.25) is 0 Å². The summed E-state index contributed by atoms with van der Waals surface area (Å²) in [6, 6.07) is 3.75. The maximum atomic E-state index is 13.7. The van der Waals surface area contributed by atoms with E-state index >= 15 is 0 Å². The third-order valence-corrected chi connectivity index (χ3v) is 4.21. The lowest BCUT2D eigenvalue weighted by molar-refractivity contribution is -0.190. The summed E-state index contributed by atoms with van der Waals surface area (Å²) in [6.45, 7) is 0. The fourth-order valence-corrected chi connectivity index (χ4v) is 3.08. The van der Waals surface area contributed by atoms with Gasteiger partial charge in [0.05, 0.1) is 11.5 Å². The topological polar surface area (TPSA) is 17.1 Å². The van der Waals surface area contributed by atoms with Gasteiger partial charge in [-0.05, 0) is 31.0 Å². The molecule has 1 saturated carbocycles. The molecule has 0 aliphatic heterocycles. The van der Waals surface area contributed by atoms with Crippen molar-refractivity contribution in [2.45, 2.75) is 31.9 Å². The minimum atomic E-state index is -4.41. The first kappa shape index (κ1) is 15.5. The third kappa shape index (κ3) is 3.22. The van der Waals surface area contributed by atoms with Gasteiger partial charge < -0.3 is 0 Å². The van der Waals surface area contributed by atoms with Crippen LogP contribution < -0.4 is 0 Å². The minimum Gasteiger partial charge on any atom is -0.294 e. The van der Waals surface area contributed by atoms with Gasteiger partial charge in [0.25, 0.3) is 0 Å². The summed E-state index contributed by atoms with van der Waals surface area (Å²) >= 11 is 3.10. The maximum absolute atomic E-state index is 13.7. The summed E-state index contributed by atoms with van der Waals surface area (Å²) in [4.78, 5) is 12.3. The molecule has 0 N–H and O–H groups in total. The lowest BCUT2D eigenvalue weighted by Gasteiger charge is -2.32. The molecule has 1 aliphatic carbocycles. The molecule has 20 heavy (non-hydrogen) atoms. The average Bonchev–Trinajstić information content (AvgIpc) is 2.40. The van der Waals surface area contributed by atoms with Gasteiger partial charge in [0.1, 0.15) is 5.82 Å². The van der Waals surface area contributed by atoms with E-state index in [0.717, 1.165) is 6.07 Å². The zero-order chi connectivity index (χ0) is 14.9. The van der Waals surface area contributed by atoms with Crippen LogP contribution in [-0.2, 0) is 0 Å². The van der Waals surface area contributed by atoms with Crippen molar-refractivity contribution in [1.82, 2.24) is 0 Å². The molecule has 2 atom stereocenters. The van der Waals surface area contributed by atoms with Crippen LogP contribution in [0.25, 0.3) is 0 Å². The van der Waals surface area contributed by atoms with Crippen molar-refractivity contribution in [3.63, 3.8) is 0 Å². The normalized spacial score (nSPS) is 23.6. The molecule has 1 fully saturated rings. The largest absolute Gasteiger partial charge is 0.392 e. The number of ketones is 1. The zero-order valence-corrected chi connectivity index (χ0v) is 12.1. The Hall–Kier alpha value is -0.910. The number of carbonyl (C=O) groups excluding carboxylic acids is 1. The molecule has 0 spiro atoms. The summed E-state index contributed by atoms with van der Waals surface area (Å²) in [5.74, 6) is -4.36. The first-order chi connectivity index (χ1) is 9.30. The van der Waals surface area contributed by atoms with Gasteiger partial charge in [0, 0.05) is 10.4 Å². The van der Waals surface area contributed by atoms with Crippen molar-refractivity contribution in [2.75, 3.05) is 0 Å². The molecule has 0 saturated heterocycles. The Morgan fingerprint density at radius 2 is 1.85 bits per heavy atom. The summed E-state index contributed by atoms with van der Waals surface area (Å²) in [6.07, 6.45) is -3.29. The van der Waals surface area contributed by atoms with Crippen LogP contribution in [0.15, 0.2) is 22.7 Å². The van der Waals surface area contributed by atoms with E-state index in [1.807, 2.05) is 0 Å². The van der Waals surface area contributed by atoms with Gasteiger partial charge in [-0.2, -0.15) is 13.2 Å². The predicted molar refractivity (Wildman–Crippen MR) is 69.9 cm³/mol. The molecule has 0 bridgehead atoms. The summed E-state index contributed by atoms with van der Waals surface area (Å²) in [5.41, 5.74) is -0.263. The van der Waals surface area contributed by atoms with Crippen LogP contribution in [0.5, 0.6) is 0 Å². The summed E-state index contributed by atoms with van der Waals surface area (Å²) in [5, 5.41) is 0. The van der Waals surface area contributed by atoms with E-state index in [0.29, 0.717) is 17.3 Å². The lowest BCUT2D eigenvalue weighted by Crippen LogP contribution is -2.37. The monoisotopic (exact) mass is 352 g/mol. The fraction of sp³-hybridized carbons (Fsp3) is 0.500. The van der Waals surface area contributed by atoms with Crippen LogP contribution in [-0.4, -0.2) is 12.0 Å². The van der Waals surface area contributed by atoms with E-state index in [4.69, 9.17) is 0 Å². The predicted octanol–water partition coefficient (Wildman–Crippen LogP) is 5.14. The van der Waals surface area contributed by atoms with E-state index in [1.165, 1.54) is 12.1 Å². The Bertz CT molecular complexity index is 512. The summed E-state index contributed by atoms with van der Waals surface area (Å²) < 4.78 is 53.1. The van der Waals surface area contributed by atoms with E-state index < -0.39 is 29.6 Å². The van der Waals surface area contributed by atoms with Gasteiger partial charge in [-0.3, -0.25) is 4.79 Å². The number of carbonyl (C=O) groups is 1. The van der Waals surface area contributed by atoms with E-state index in [1.54, 1.807) is 0 Å². The van der Waals surface area contributed by atoms with Crippen molar-refractivity contribution in [3.05, 3.63) is 34.1 Å². The lowest BCUT2D eigenvalue weighted by atomic mass is 9.75. The van der Waals surface area contributed by atoms with E-state index in [2.05, 4.69) is 15.9 Å². The quantitative estimate of drug-likeness (QED) is 0.532. The van der Waals surface area contributed by atoms with Gasteiger partial charge in [0.2, 0.25) is 0 Å². The van der Waals surface area contributed by atoms with Crippen LogP contribution >= 0.6 is 15.9 Å². The molecule has 1 aliphatic rings. The summed E-state index contributed by atoms with van der Waals surface area (Å²) in [7, 11) is 0. The molecule has 1 aromatic rings. The second kappa shape index (κ2) is 5.84. The minimum absolute atomic E-state index is 0.0600. The van der Waals surface area contributed by atoms with Crippen LogP contribution in [0, 0.1) is 17.7 Å². The van der Waals surface area contributed by atoms with Crippen molar-refractivity contribution in [2.24, 2.45) is 11.8 Å². The molecule has 110 valence electrons. The molecule has 0 heterocycles. The molecular weight excluding hydrogens is 340 g/mol. The van der Waals surface area contributed by atoms with Crippen molar-refractivity contribution < 1.29 is 22.4 Å². The third-order valence-electron chi connectivity index (χ3n) is 3.72. The molecule has 2 rings (SSSR count). The van der Waals surface area contributed by atoms with Gasteiger partial charge in [-0.25, -0.2) is 4.39 Å². The Kier molecular flexibility index (Phi) is 4.52. The number of Topliss-reactive ketones (excluding diaryl/α,β-unsaturated/α-hetero) is 1. The number of rotatable bonds is 2. The van der Waals surface area contributed by atoms with Gasteiger partial charge in [0.15, 0.2) is 5.78 Å². The Balaban J connectivity index is 2.32. The number of hydrogen-bond donors (Lipinski definition) is 0. The Labute approximate surface area is 122 Å². The highest BCUT2D eigenvalue weighted by atomic mass is 79.9. The molecule has 1 aromatic carbocycles. The van der Waals surface area contributed by atoms with Gasteiger partial charge in [-0.15, -0.1) is 0 Å². The highest BCUT2D eigenvalue weighted by molar-refractivity contribution is 9.10. The number of benzene rings is 1. The Morgan fingerprint density at radius 1 is 1.20 bits per heavy atom. The highest BCUT2D eigenvalue weighted by Crippen LogP contribution is 2.43. The second-order valence-corrected chi connectivity index (χ2v) is 5.94. The number of halogens is 5. The van der Waals surface area contributed by atoms with Gasteiger partial charge in [-0.1, -0.05) is 28.8 Å². The maximum Gasteiger partial charge on any atom is 0.392 e. The first-order valence-corrected chi connectivity index (χ1v) is 7.16. The zero-order valence-electron chi connectivity index (χ0n) is 10.5. The van der Waals surface area contributed by atoms with Crippen molar-refractivity contribution in [1.29, 1.82) is 0 Å². The second-order valence-electron chi connectivity index (χ2n) is 5.03. The van der Waals surface area contributed by atoms with Crippen molar-refractivity contribution >= 4 is 21.7 Å². The molecule has 6 heteroatoms. The van der Waals surface area contributed by atoms with E-state index in [-0.39, 0.29) is 18.4 Å². The van der Waals surface area contributed by atoms with Crippen LogP contribution in [0.3, 0.4) is 0 Å². The van der Waals surface area contributed by atoms with Crippen LogP contribution in [0.4, 0.5) is 17.6 Å². The average molecular weight is 353 g/mol. The molecule has 1 nitrogen and oxygen atoms in total. The molecule has 2 unspecified atom stereocenters. The van der Waals surface area contributed by atoms with Crippen molar-refractivity contribution in [3.8, 4) is 0 Å². The molecule has 0 amide bonds.